The Morgan fingerprint density at radius 3 is 2.45 bits per heavy atom. The van der Waals surface area contributed by atoms with Crippen molar-refractivity contribution in [1.82, 2.24) is 0 Å². The molecule has 5 atom stereocenters. The summed E-state index contributed by atoms with van der Waals surface area (Å²) in [4.78, 5) is 11.5. The van der Waals surface area contributed by atoms with Crippen LogP contribution in [0.15, 0.2) is 0 Å². The SMILES string of the molecule is CCCCCC(=O)OC1O[C@@](O)(CO)[C@@H](O)[C@H](O)[C@@H]1O. The number of hydrogen-bond donors (Lipinski definition) is 5. The van der Waals surface area contributed by atoms with Gasteiger partial charge in [0.25, 0.3) is 0 Å². The van der Waals surface area contributed by atoms with Crippen LogP contribution >= 0.6 is 0 Å². The topological polar surface area (TPSA) is 137 Å². The summed E-state index contributed by atoms with van der Waals surface area (Å²) in [6, 6.07) is 0. The predicted octanol–water partition coefficient (Wildman–Crippen LogP) is -1.77. The summed E-state index contributed by atoms with van der Waals surface area (Å²) in [5, 5.41) is 47.5. The monoisotopic (exact) mass is 294 g/mol. The van der Waals surface area contributed by atoms with Gasteiger partial charge in [-0.15, -0.1) is 0 Å². The number of esters is 1. The summed E-state index contributed by atoms with van der Waals surface area (Å²) in [6.45, 7) is 0.945. The molecule has 0 aromatic carbocycles. The second kappa shape index (κ2) is 7.30. The van der Waals surface area contributed by atoms with Gasteiger partial charge in [-0.25, -0.2) is 0 Å². The molecular weight excluding hydrogens is 272 g/mol. The van der Waals surface area contributed by atoms with Crippen molar-refractivity contribution in [1.29, 1.82) is 0 Å². The summed E-state index contributed by atoms with van der Waals surface area (Å²) in [5.41, 5.74) is 0. The third-order valence-corrected chi connectivity index (χ3v) is 3.19. The van der Waals surface area contributed by atoms with Gasteiger partial charge in [0.15, 0.2) is 0 Å². The van der Waals surface area contributed by atoms with Gasteiger partial charge < -0.3 is 35.0 Å². The van der Waals surface area contributed by atoms with Gasteiger partial charge in [-0.1, -0.05) is 19.8 Å². The second-order valence-electron chi connectivity index (χ2n) is 4.86. The molecule has 8 nitrogen and oxygen atoms in total. The first-order valence-electron chi connectivity index (χ1n) is 6.60. The zero-order valence-electron chi connectivity index (χ0n) is 11.3. The van der Waals surface area contributed by atoms with Crippen molar-refractivity contribution in [3.05, 3.63) is 0 Å². The van der Waals surface area contributed by atoms with Gasteiger partial charge in [-0.05, 0) is 6.42 Å². The first-order valence-corrected chi connectivity index (χ1v) is 6.60. The molecule has 1 aliphatic heterocycles. The number of carbonyl (C=O) groups is 1. The van der Waals surface area contributed by atoms with E-state index in [9.17, 15) is 25.2 Å². The standard InChI is InChI=1S/C12H22O8/c1-2-3-4-5-7(14)19-11-9(16)8(15)10(17)12(18,6-13)20-11/h8-11,13,15-18H,2-6H2,1H3/t8-,9+,10+,11?,12+/m1/s1. The van der Waals surface area contributed by atoms with Crippen molar-refractivity contribution in [2.45, 2.75) is 63.0 Å². The second-order valence-corrected chi connectivity index (χ2v) is 4.86. The third kappa shape index (κ3) is 3.87. The smallest absolute Gasteiger partial charge is 0.308 e. The van der Waals surface area contributed by atoms with E-state index in [4.69, 9.17) is 14.6 Å². The Bertz CT molecular complexity index is 323. The number of hydrogen-bond acceptors (Lipinski definition) is 8. The van der Waals surface area contributed by atoms with Crippen molar-refractivity contribution in [3.63, 3.8) is 0 Å². The maximum Gasteiger partial charge on any atom is 0.308 e. The lowest BCUT2D eigenvalue weighted by molar-refractivity contribution is -0.390. The lowest BCUT2D eigenvalue weighted by Gasteiger charge is -2.43. The molecule has 20 heavy (non-hydrogen) atoms. The highest BCUT2D eigenvalue weighted by Crippen LogP contribution is 2.28. The van der Waals surface area contributed by atoms with Crippen LogP contribution in [0.1, 0.15) is 32.6 Å². The first kappa shape index (κ1) is 17.3. The molecule has 0 spiro atoms. The van der Waals surface area contributed by atoms with E-state index in [1.807, 2.05) is 6.92 Å². The molecule has 0 saturated carbocycles. The molecule has 8 heteroatoms. The van der Waals surface area contributed by atoms with Gasteiger partial charge in [0.05, 0.1) is 6.61 Å². The normalized spacial score (nSPS) is 37.7. The van der Waals surface area contributed by atoms with E-state index in [1.165, 1.54) is 0 Å². The minimum atomic E-state index is -2.49. The molecule has 0 bridgehead atoms. The van der Waals surface area contributed by atoms with Crippen LogP contribution in [0.25, 0.3) is 0 Å². The molecule has 5 N–H and O–H groups in total. The molecule has 1 saturated heterocycles. The first-order chi connectivity index (χ1) is 9.35. The summed E-state index contributed by atoms with van der Waals surface area (Å²) in [7, 11) is 0. The summed E-state index contributed by atoms with van der Waals surface area (Å²) in [6.07, 6.45) is -4.63. The van der Waals surface area contributed by atoms with Crippen LogP contribution in [0.2, 0.25) is 0 Å². The zero-order chi connectivity index (χ0) is 15.3. The van der Waals surface area contributed by atoms with Gasteiger partial charge in [-0.2, -0.15) is 0 Å². The van der Waals surface area contributed by atoms with Crippen molar-refractivity contribution in [2.24, 2.45) is 0 Å². The van der Waals surface area contributed by atoms with Crippen LogP contribution in [0, 0.1) is 0 Å². The highest BCUT2D eigenvalue weighted by atomic mass is 16.8. The van der Waals surface area contributed by atoms with Crippen molar-refractivity contribution >= 4 is 5.97 Å². The fraction of sp³-hybridized carbons (Fsp3) is 0.917. The van der Waals surface area contributed by atoms with Gasteiger partial charge in [0.1, 0.15) is 18.3 Å². The van der Waals surface area contributed by atoms with E-state index >= 15 is 0 Å². The van der Waals surface area contributed by atoms with Crippen LogP contribution in [0.3, 0.4) is 0 Å². The van der Waals surface area contributed by atoms with E-state index in [1.54, 1.807) is 0 Å². The van der Waals surface area contributed by atoms with E-state index in [0.29, 0.717) is 6.42 Å². The number of unbranched alkanes of at least 4 members (excludes halogenated alkanes) is 2. The van der Waals surface area contributed by atoms with Gasteiger partial charge >= 0.3 is 5.97 Å². The third-order valence-electron chi connectivity index (χ3n) is 3.19. The van der Waals surface area contributed by atoms with E-state index in [-0.39, 0.29) is 6.42 Å². The van der Waals surface area contributed by atoms with Crippen LogP contribution in [-0.2, 0) is 14.3 Å². The van der Waals surface area contributed by atoms with Crippen molar-refractivity contribution < 1.29 is 39.8 Å². The van der Waals surface area contributed by atoms with Gasteiger partial charge in [-0.3, -0.25) is 4.79 Å². The number of rotatable bonds is 6. The Hall–Kier alpha value is -0.770. The molecule has 0 aromatic rings. The number of ether oxygens (including phenoxy) is 2. The Labute approximate surface area is 116 Å². The molecule has 0 aliphatic carbocycles. The zero-order valence-corrected chi connectivity index (χ0v) is 11.3. The number of aliphatic hydroxyl groups excluding tert-OH is 4. The Kier molecular flexibility index (Phi) is 6.31. The Morgan fingerprint density at radius 2 is 1.90 bits per heavy atom. The molecule has 0 radical (unpaired) electrons. The largest absolute Gasteiger partial charge is 0.433 e. The molecule has 1 rings (SSSR count). The quantitative estimate of drug-likeness (QED) is 0.287. The number of carbonyl (C=O) groups excluding carboxylic acids is 1. The van der Waals surface area contributed by atoms with Crippen LogP contribution in [0.4, 0.5) is 0 Å². The molecule has 1 heterocycles. The minimum Gasteiger partial charge on any atom is -0.433 e. The highest BCUT2D eigenvalue weighted by Gasteiger charge is 2.53. The average Bonchev–Trinajstić information content (AvgIpc) is 2.43. The van der Waals surface area contributed by atoms with Gasteiger partial charge in [0.2, 0.25) is 12.1 Å². The average molecular weight is 294 g/mol. The van der Waals surface area contributed by atoms with Crippen molar-refractivity contribution in [3.8, 4) is 0 Å². The van der Waals surface area contributed by atoms with E-state index in [0.717, 1.165) is 12.8 Å². The molecule has 0 aromatic heterocycles. The molecule has 0 amide bonds. The van der Waals surface area contributed by atoms with Crippen LogP contribution in [-0.4, -0.2) is 68.5 Å². The molecule has 1 aliphatic rings. The van der Waals surface area contributed by atoms with Gasteiger partial charge in [0, 0.05) is 6.42 Å². The molecule has 1 fully saturated rings. The fourth-order valence-electron chi connectivity index (χ4n) is 1.89. The highest BCUT2D eigenvalue weighted by molar-refractivity contribution is 5.69. The summed E-state index contributed by atoms with van der Waals surface area (Å²) < 4.78 is 9.61. The van der Waals surface area contributed by atoms with Crippen LogP contribution in [0.5, 0.6) is 0 Å². The maximum atomic E-state index is 11.5. The predicted molar refractivity (Wildman–Crippen MR) is 65.2 cm³/mol. The Balaban J connectivity index is 2.62. The molecular formula is C12H22O8. The molecule has 118 valence electrons. The van der Waals surface area contributed by atoms with Crippen molar-refractivity contribution in [2.75, 3.05) is 6.61 Å². The van der Waals surface area contributed by atoms with E-state index < -0.39 is 43.0 Å². The Morgan fingerprint density at radius 1 is 1.25 bits per heavy atom. The summed E-state index contributed by atoms with van der Waals surface area (Å²) >= 11 is 0. The minimum absolute atomic E-state index is 0.108. The maximum absolute atomic E-state index is 11.5. The summed E-state index contributed by atoms with van der Waals surface area (Å²) in [5.74, 6) is -3.15. The van der Waals surface area contributed by atoms with E-state index in [2.05, 4.69) is 0 Å². The number of aliphatic hydroxyl groups is 5. The lowest BCUT2D eigenvalue weighted by Crippen LogP contribution is -2.66. The lowest BCUT2D eigenvalue weighted by atomic mass is 9.96. The van der Waals surface area contributed by atoms with Crippen LogP contribution < -0.4 is 0 Å². The molecule has 1 unspecified atom stereocenters. The fourth-order valence-corrected chi connectivity index (χ4v) is 1.89.